The van der Waals surface area contributed by atoms with Gasteiger partial charge in [-0.25, -0.2) is 0 Å². The number of rotatable bonds is 1. The Labute approximate surface area is 95.0 Å². The maximum Gasteiger partial charge on any atom is 0.119 e. The van der Waals surface area contributed by atoms with E-state index in [1.54, 1.807) is 6.07 Å². The number of phenols is 1. The van der Waals surface area contributed by atoms with Crippen molar-refractivity contribution in [3.63, 3.8) is 0 Å². The van der Waals surface area contributed by atoms with Crippen LogP contribution in [0.2, 0.25) is 0 Å². The van der Waals surface area contributed by atoms with Crippen LogP contribution in [0.15, 0.2) is 18.2 Å². The van der Waals surface area contributed by atoms with E-state index in [1.807, 2.05) is 19.1 Å². The summed E-state index contributed by atoms with van der Waals surface area (Å²) in [4.78, 5) is 0. The number of phenolic OH excluding ortho intramolecular Hbond substituents is 1. The summed E-state index contributed by atoms with van der Waals surface area (Å²) in [6.07, 6.45) is 0.200. The molecule has 2 aliphatic rings. The lowest BCUT2D eigenvalue weighted by atomic mass is 9.83. The fourth-order valence-corrected chi connectivity index (χ4v) is 2.59. The van der Waals surface area contributed by atoms with Crippen molar-refractivity contribution in [2.45, 2.75) is 31.5 Å². The summed E-state index contributed by atoms with van der Waals surface area (Å²) in [6, 6.07) is 5.69. The van der Waals surface area contributed by atoms with Crippen LogP contribution in [0, 0.1) is 6.92 Å². The predicted molar refractivity (Wildman–Crippen MR) is 59.7 cm³/mol. The van der Waals surface area contributed by atoms with Gasteiger partial charge in [0.2, 0.25) is 0 Å². The van der Waals surface area contributed by atoms with Gasteiger partial charge in [0.15, 0.2) is 0 Å². The first-order chi connectivity index (χ1) is 7.61. The van der Waals surface area contributed by atoms with Crippen molar-refractivity contribution in [2.75, 3.05) is 13.2 Å². The van der Waals surface area contributed by atoms with Gasteiger partial charge in [-0.1, -0.05) is 17.7 Å². The van der Waals surface area contributed by atoms with Crippen molar-refractivity contribution in [1.29, 1.82) is 0 Å². The third-order valence-corrected chi connectivity index (χ3v) is 3.78. The van der Waals surface area contributed by atoms with Crippen LogP contribution in [-0.2, 0) is 9.47 Å². The standard InChI is InChI=1S/C13H16O3/c1-8-3-4-11(14)9(5-8)10-6-15-7-12-13(10,2)16-12/h3-5,10,12,14H,6-7H2,1-2H3/t10-,12+,13+/m0/s1. The van der Waals surface area contributed by atoms with Gasteiger partial charge >= 0.3 is 0 Å². The number of aryl methyl sites for hydroxylation is 1. The molecule has 0 amide bonds. The van der Waals surface area contributed by atoms with E-state index in [2.05, 4.69) is 6.92 Å². The second-order valence-electron chi connectivity index (χ2n) is 4.94. The third-order valence-electron chi connectivity index (χ3n) is 3.78. The Morgan fingerprint density at radius 2 is 2.19 bits per heavy atom. The van der Waals surface area contributed by atoms with Crippen LogP contribution in [0.25, 0.3) is 0 Å². The molecule has 0 radical (unpaired) electrons. The monoisotopic (exact) mass is 220 g/mol. The van der Waals surface area contributed by atoms with E-state index in [4.69, 9.17) is 9.47 Å². The van der Waals surface area contributed by atoms with E-state index in [0.717, 1.165) is 11.1 Å². The van der Waals surface area contributed by atoms with Crippen LogP contribution in [0.5, 0.6) is 5.75 Å². The van der Waals surface area contributed by atoms with E-state index in [0.29, 0.717) is 19.0 Å². The zero-order valence-corrected chi connectivity index (χ0v) is 9.56. The number of aromatic hydroxyl groups is 1. The number of hydrogen-bond donors (Lipinski definition) is 1. The van der Waals surface area contributed by atoms with E-state index in [9.17, 15) is 5.11 Å². The highest BCUT2D eigenvalue weighted by Crippen LogP contribution is 2.52. The molecule has 2 fully saturated rings. The van der Waals surface area contributed by atoms with Crippen molar-refractivity contribution in [3.05, 3.63) is 29.3 Å². The van der Waals surface area contributed by atoms with E-state index >= 15 is 0 Å². The van der Waals surface area contributed by atoms with Gasteiger partial charge in [-0.3, -0.25) is 0 Å². The van der Waals surface area contributed by atoms with Crippen molar-refractivity contribution < 1.29 is 14.6 Å². The first-order valence-electron chi connectivity index (χ1n) is 5.66. The second kappa shape index (κ2) is 3.22. The topological polar surface area (TPSA) is 42.0 Å². The lowest BCUT2D eigenvalue weighted by Gasteiger charge is -2.26. The lowest BCUT2D eigenvalue weighted by molar-refractivity contribution is 0.0829. The maximum absolute atomic E-state index is 9.93. The minimum atomic E-state index is -0.135. The Kier molecular flexibility index (Phi) is 2.03. The summed E-state index contributed by atoms with van der Waals surface area (Å²) in [6.45, 7) is 5.44. The number of epoxide rings is 1. The summed E-state index contributed by atoms with van der Waals surface area (Å²) < 4.78 is 11.2. The summed E-state index contributed by atoms with van der Waals surface area (Å²) in [5.74, 6) is 0.489. The minimum Gasteiger partial charge on any atom is -0.508 e. The molecule has 0 bridgehead atoms. The maximum atomic E-state index is 9.93. The highest BCUT2D eigenvalue weighted by Gasteiger charge is 2.60. The Hall–Kier alpha value is -1.06. The van der Waals surface area contributed by atoms with Gasteiger partial charge in [0.1, 0.15) is 17.5 Å². The van der Waals surface area contributed by atoms with Crippen molar-refractivity contribution >= 4 is 0 Å². The molecule has 2 saturated heterocycles. The Balaban J connectivity index is 1.99. The molecule has 1 aromatic carbocycles. The van der Waals surface area contributed by atoms with Crippen LogP contribution in [0.4, 0.5) is 0 Å². The van der Waals surface area contributed by atoms with Crippen LogP contribution < -0.4 is 0 Å². The van der Waals surface area contributed by atoms with Crippen LogP contribution >= 0.6 is 0 Å². The molecule has 3 heteroatoms. The van der Waals surface area contributed by atoms with Crippen molar-refractivity contribution in [3.8, 4) is 5.75 Å². The van der Waals surface area contributed by atoms with Gasteiger partial charge in [-0.15, -0.1) is 0 Å². The minimum absolute atomic E-state index is 0.135. The number of ether oxygens (including phenoxy) is 2. The van der Waals surface area contributed by atoms with Gasteiger partial charge in [-0.2, -0.15) is 0 Å². The highest BCUT2D eigenvalue weighted by atomic mass is 16.6. The molecule has 1 N–H and O–H groups in total. The normalized spacial score (nSPS) is 36.9. The van der Waals surface area contributed by atoms with Crippen molar-refractivity contribution in [1.82, 2.24) is 0 Å². The van der Waals surface area contributed by atoms with Crippen LogP contribution in [0.3, 0.4) is 0 Å². The fraction of sp³-hybridized carbons (Fsp3) is 0.538. The van der Waals surface area contributed by atoms with Crippen LogP contribution in [0.1, 0.15) is 24.0 Å². The van der Waals surface area contributed by atoms with Gasteiger partial charge in [0.25, 0.3) is 0 Å². The highest BCUT2D eigenvalue weighted by molar-refractivity contribution is 5.41. The van der Waals surface area contributed by atoms with Gasteiger partial charge in [-0.05, 0) is 19.9 Å². The fourth-order valence-electron chi connectivity index (χ4n) is 2.59. The molecule has 0 saturated carbocycles. The molecule has 1 aromatic rings. The smallest absolute Gasteiger partial charge is 0.119 e. The number of benzene rings is 1. The number of hydrogen-bond acceptors (Lipinski definition) is 3. The average Bonchev–Trinajstić information content (AvgIpc) is 2.93. The first-order valence-corrected chi connectivity index (χ1v) is 5.66. The molecule has 0 spiro atoms. The van der Waals surface area contributed by atoms with E-state index in [1.165, 1.54) is 0 Å². The largest absolute Gasteiger partial charge is 0.508 e. The zero-order valence-electron chi connectivity index (χ0n) is 9.56. The average molecular weight is 220 g/mol. The Morgan fingerprint density at radius 1 is 1.38 bits per heavy atom. The van der Waals surface area contributed by atoms with Gasteiger partial charge < -0.3 is 14.6 Å². The Bertz CT molecular complexity index is 429. The molecule has 2 aliphatic heterocycles. The molecule has 3 rings (SSSR count). The molecule has 3 atom stereocenters. The number of fused-ring (bicyclic) bond motifs is 1. The van der Waals surface area contributed by atoms with E-state index < -0.39 is 0 Å². The molecule has 0 aliphatic carbocycles. The first kappa shape index (κ1) is 10.1. The molecule has 16 heavy (non-hydrogen) atoms. The lowest BCUT2D eigenvalue weighted by Crippen LogP contribution is -2.32. The molecular weight excluding hydrogens is 204 g/mol. The summed E-state index contributed by atoms with van der Waals surface area (Å²) in [7, 11) is 0. The summed E-state index contributed by atoms with van der Waals surface area (Å²) >= 11 is 0. The van der Waals surface area contributed by atoms with E-state index in [-0.39, 0.29) is 17.6 Å². The van der Waals surface area contributed by atoms with Crippen molar-refractivity contribution in [2.24, 2.45) is 0 Å². The van der Waals surface area contributed by atoms with Crippen LogP contribution in [-0.4, -0.2) is 30.0 Å². The quantitative estimate of drug-likeness (QED) is 0.736. The predicted octanol–water partition coefficient (Wildman–Crippen LogP) is 1.97. The SMILES string of the molecule is Cc1ccc(O)c([C@@H]2COC[C@H]3O[C@@]32C)c1. The molecule has 0 aromatic heterocycles. The molecule has 86 valence electrons. The third kappa shape index (κ3) is 1.35. The van der Waals surface area contributed by atoms with Gasteiger partial charge in [0.05, 0.1) is 13.2 Å². The molecule has 2 heterocycles. The summed E-state index contributed by atoms with van der Waals surface area (Å²) in [5.41, 5.74) is 1.97. The summed E-state index contributed by atoms with van der Waals surface area (Å²) in [5, 5.41) is 9.93. The Morgan fingerprint density at radius 3 is 3.00 bits per heavy atom. The zero-order chi connectivity index (χ0) is 11.3. The van der Waals surface area contributed by atoms with Gasteiger partial charge in [0, 0.05) is 11.5 Å². The molecule has 3 nitrogen and oxygen atoms in total. The molecule has 0 unspecified atom stereocenters. The molecular formula is C13H16O3. The second-order valence-corrected chi connectivity index (χ2v) is 4.94.